The minimum absolute atomic E-state index is 0.0388. The van der Waals surface area contributed by atoms with Crippen LogP contribution in [0.3, 0.4) is 0 Å². The molecule has 0 aromatic heterocycles. The van der Waals surface area contributed by atoms with Crippen LogP contribution in [-0.2, 0) is 4.74 Å². The molecular weight excluding hydrogens is 406 g/mol. The number of carbonyl (C=O) groups is 1. The summed E-state index contributed by atoms with van der Waals surface area (Å²) in [4.78, 5) is 12.3. The highest BCUT2D eigenvalue weighted by atomic mass is 16.5. The van der Waals surface area contributed by atoms with E-state index in [0.29, 0.717) is 11.3 Å². The van der Waals surface area contributed by atoms with Crippen LogP contribution in [0.5, 0.6) is 5.75 Å². The van der Waals surface area contributed by atoms with Gasteiger partial charge in [0.15, 0.2) is 0 Å². The van der Waals surface area contributed by atoms with E-state index in [4.69, 9.17) is 9.47 Å². The Hall–Kier alpha value is -3.35. The Kier molecular flexibility index (Phi) is 6.44. The summed E-state index contributed by atoms with van der Waals surface area (Å²) >= 11 is 0. The van der Waals surface area contributed by atoms with Crippen molar-refractivity contribution < 1.29 is 24.5 Å². The van der Waals surface area contributed by atoms with Crippen LogP contribution in [0.1, 0.15) is 34.3 Å². The van der Waals surface area contributed by atoms with Gasteiger partial charge in [-0.2, -0.15) is 0 Å². The molecule has 1 amide bonds. The number of aliphatic hydroxyl groups excluding tert-OH is 2. The molecule has 0 bridgehead atoms. The van der Waals surface area contributed by atoms with Gasteiger partial charge in [-0.1, -0.05) is 54.6 Å². The highest BCUT2D eigenvalue weighted by Gasteiger charge is 2.29. The molecule has 32 heavy (non-hydrogen) atoms. The molecule has 166 valence electrons. The molecule has 6 nitrogen and oxygen atoms in total. The lowest BCUT2D eigenvalue weighted by atomic mass is 9.98. The summed E-state index contributed by atoms with van der Waals surface area (Å²) in [6, 6.07) is 21.5. The molecule has 0 fully saturated rings. The molecule has 0 saturated carbocycles. The van der Waals surface area contributed by atoms with Gasteiger partial charge in [-0.3, -0.25) is 0 Å². The number of aryl methyl sites for hydroxylation is 1. The Balaban J connectivity index is 1.35. The zero-order chi connectivity index (χ0) is 22.7. The summed E-state index contributed by atoms with van der Waals surface area (Å²) in [7, 11) is 1.54. The number of amides is 1. The second-order valence-electron chi connectivity index (χ2n) is 7.94. The summed E-state index contributed by atoms with van der Waals surface area (Å²) in [5.41, 5.74) is 5.94. The van der Waals surface area contributed by atoms with Gasteiger partial charge in [0.05, 0.1) is 7.11 Å². The van der Waals surface area contributed by atoms with Crippen molar-refractivity contribution in [3.05, 3.63) is 89.0 Å². The molecule has 3 aromatic carbocycles. The van der Waals surface area contributed by atoms with E-state index in [0.717, 1.165) is 27.8 Å². The van der Waals surface area contributed by atoms with Crippen LogP contribution in [0, 0.1) is 6.92 Å². The topological polar surface area (TPSA) is 88.0 Å². The van der Waals surface area contributed by atoms with Gasteiger partial charge >= 0.3 is 6.09 Å². The van der Waals surface area contributed by atoms with Gasteiger partial charge in [-0.15, -0.1) is 0 Å². The molecule has 2 unspecified atom stereocenters. The third-order valence-electron chi connectivity index (χ3n) is 5.97. The molecule has 3 aromatic rings. The van der Waals surface area contributed by atoms with Gasteiger partial charge in [0, 0.05) is 12.5 Å². The van der Waals surface area contributed by atoms with Crippen molar-refractivity contribution >= 4 is 6.09 Å². The van der Waals surface area contributed by atoms with Gasteiger partial charge in [0.2, 0.25) is 0 Å². The van der Waals surface area contributed by atoms with Crippen molar-refractivity contribution in [2.24, 2.45) is 0 Å². The number of nitrogens with one attached hydrogen (secondary N) is 1. The Morgan fingerprint density at radius 3 is 2.25 bits per heavy atom. The molecule has 1 aliphatic carbocycles. The third kappa shape index (κ3) is 4.33. The van der Waals surface area contributed by atoms with Crippen LogP contribution in [-0.4, -0.2) is 42.7 Å². The minimum Gasteiger partial charge on any atom is -0.497 e. The van der Waals surface area contributed by atoms with Crippen molar-refractivity contribution in [3.63, 3.8) is 0 Å². The maximum absolute atomic E-state index is 12.3. The average molecular weight is 434 g/mol. The van der Waals surface area contributed by atoms with E-state index in [1.807, 2.05) is 37.3 Å². The van der Waals surface area contributed by atoms with E-state index in [1.165, 1.54) is 7.11 Å². The van der Waals surface area contributed by atoms with Crippen LogP contribution in [0.4, 0.5) is 4.79 Å². The van der Waals surface area contributed by atoms with Gasteiger partial charge in [0.25, 0.3) is 0 Å². The first kappa shape index (κ1) is 21.9. The quantitative estimate of drug-likeness (QED) is 0.525. The number of hydrogen-bond donors (Lipinski definition) is 3. The maximum atomic E-state index is 12.3. The molecule has 0 spiro atoms. The molecule has 1 aliphatic rings. The van der Waals surface area contributed by atoms with Gasteiger partial charge in [-0.25, -0.2) is 4.79 Å². The predicted octanol–water partition coefficient (Wildman–Crippen LogP) is 3.94. The zero-order valence-electron chi connectivity index (χ0n) is 18.1. The summed E-state index contributed by atoms with van der Waals surface area (Å²) in [6.07, 6.45) is -3.00. The van der Waals surface area contributed by atoms with Crippen LogP contribution in [0.25, 0.3) is 11.1 Å². The molecule has 3 N–H and O–H groups in total. The van der Waals surface area contributed by atoms with E-state index in [1.54, 1.807) is 12.1 Å². The van der Waals surface area contributed by atoms with E-state index in [2.05, 4.69) is 29.6 Å². The highest BCUT2D eigenvalue weighted by Crippen LogP contribution is 2.44. The number of methoxy groups -OCH3 is 1. The Morgan fingerprint density at radius 1 is 1.00 bits per heavy atom. The Morgan fingerprint density at radius 2 is 1.62 bits per heavy atom. The second-order valence-corrected chi connectivity index (χ2v) is 7.94. The lowest BCUT2D eigenvalue weighted by Gasteiger charge is -2.21. The Labute approximate surface area is 187 Å². The monoisotopic (exact) mass is 433 g/mol. The van der Waals surface area contributed by atoms with Crippen molar-refractivity contribution in [1.29, 1.82) is 0 Å². The molecular formula is C26H27NO5. The molecule has 0 saturated heterocycles. The lowest BCUT2D eigenvalue weighted by molar-refractivity contribution is 0.0181. The number of rotatable bonds is 7. The first-order valence-electron chi connectivity index (χ1n) is 10.6. The number of alkyl carbamates (subject to hydrolysis) is 1. The maximum Gasteiger partial charge on any atom is 0.407 e. The zero-order valence-corrected chi connectivity index (χ0v) is 18.1. The van der Waals surface area contributed by atoms with E-state index in [-0.39, 0.29) is 19.1 Å². The van der Waals surface area contributed by atoms with Crippen molar-refractivity contribution in [1.82, 2.24) is 5.32 Å². The van der Waals surface area contributed by atoms with E-state index in [9.17, 15) is 15.0 Å². The minimum atomic E-state index is -1.19. The van der Waals surface area contributed by atoms with Gasteiger partial charge in [0.1, 0.15) is 24.6 Å². The number of benzene rings is 3. The fraction of sp³-hybridized carbons (Fsp3) is 0.269. The number of ether oxygens (including phenoxy) is 2. The van der Waals surface area contributed by atoms with Crippen LogP contribution in [0.15, 0.2) is 66.7 Å². The third-order valence-corrected chi connectivity index (χ3v) is 5.97. The summed E-state index contributed by atoms with van der Waals surface area (Å²) in [5, 5.41) is 23.5. The van der Waals surface area contributed by atoms with Crippen molar-refractivity contribution in [3.8, 4) is 16.9 Å². The number of hydrogen-bond acceptors (Lipinski definition) is 5. The predicted molar refractivity (Wildman–Crippen MR) is 122 cm³/mol. The van der Waals surface area contributed by atoms with Crippen molar-refractivity contribution in [2.75, 3.05) is 20.3 Å². The normalized spacial score (nSPS) is 14.2. The van der Waals surface area contributed by atoms with Crippen LogP contribution in [0.2, 0.25) is 0 Å². The largest absolute Gasteiger partial charge is 0.497 e. The molecule has 0 heterocycles. The lowest BCUT2D eigenvalue weighted by Crippen LogP contribution is -2.36. The molecule has 2 atom stereocenters. The number of fused-ring (bicyclic) bond motifs is 3. The van der Waals surface area contributed by atoms with Crippen LogP contribution < -0.4 is 10.1 Å². The second kappa shape index (κ2) is 9.42. The molecule has 0 radical (unpaired) electrons. The van der Waals surface area contributed by atoms with Crippen LogP contribution >= 0.6 is 0 Å². The molecule has 0 aliphatic heterocycles. The summed E-state index contributed by atoms with van der Waals surface area (Å²) in [5.74, 6) is 0.546. The first-order chi connectivity index (χ1) is 15.5. The molecule has 4 rings (SSSR count). The van der Waals surface area contributed by atoms with E-state index >= 15 is 0 Å². The number of carbonyl (C=O) groups excluding carboxylic acids is 1. The highest BCUT2D eigenvalue weighted by molar-refractivity contribution is 5.79. The van der Waals surface area contributed by atoms with Gasteiger partial charge < -0.3 is 25.0 Å². The SMILES string of the molecule is COc1ccc(C)c(C(O)C(O)CNC(=O)OCC2c3ccccc3-c3ccccc32)c1. The first-order valence-corrected chi connectivity index (χ1v) is 10.6. The fourth-order valence-corrected chi connectivity index (χ4v) is 4.22. The number of aliphatic hydroxyl groups is 2. The average Bonchev–Trinajstić information content (AvgIpc) is 3.14. The van der Waals surface area contributed by atoms with Crippen molar-refractivity contribution in [2.45, 2.75) is 25.0 Å². The standard InChI is InChI=1S/C26H27NO5/c1-16-11-12-17(31-2)13-22(16)25(29)24(28)14-27-26(30)32-15-23-20-9-5-3-7-18(20)19-8-4-6-10-21(19)23/h3-13,23-25,28-29H,14-15H2,1-2H3,(H,27,30). The summed E-state index contributed by atoms with van der Waals surface area (Å²) < 4.78 is 10.7. The Bertz CT molecular complexity index is 1070. The van der Waals surface area contributed by atoms with Gasteiger partial charge in [-0.05, 0) is 52.4 Å². The summed E-state index contributed by atoms with van der Waals surface area (Å²) in [6.45, 7) is 1.88. The smallest absolute Gasteiger partial charge is 0.407 e. The van der Waals surface area contributed by atoms with E-state index < -0.39 is 18.3 Å². The fourth-order valence-electron chi connectivity index (χ4n) is 4.22. The molecule has 6 heteroatoms.